The third kappa shape index (κ3) is 4.54. The lowest BCUT2D eigenvalue weighted by Crippen LogP contribution is -2.29. The van der Waals surface area contributed by atoms with Crippen molar-refractivity contribution < 1.29 is 4.74 Å². The van der Waals surface area contributed by atoms with E-state index < -0.39 is 0 Å². The van der Waals surface area contributed by atoms with Crippen LogP contribution < -0.4 is 10.5 Å². The third-order valence-electron chi connectivity index (χ3n) is 2.97. The zero-order valence-electron chi connectivity index (χ0n) is 10.3. The number of aryl methyl sites for hydroxylation is 1. The summed E-state index contributed by atoms with van der Waals surface area (Å²) in [6.45, 7) is 5.92. The molecule has 1 aliphatic heterocycles. The van der Waals surface area contributed by atoms with Crippen LogP contribution in [0.4, 0.5) is 0 Å². The molecule has 2 N–H and O–H groups in total. The molecule has 4 heteroatoms. The van der Waals surface area contributed by atoms with Crippen LogP contribution in [0.2, 0.25) is 0 Å². The Hall–Kier alpha value is -0.770. The highest BCUT2D eigenvalue weighted by Gasteiger charge is 2.18. The van der Waals surface area contributed by atoms with E-state index in [0.29, 0.717) is 6.04 Å². The number of rotatable bonds is 4. The average Bonchev–Trinajstić information content (AvgIpc) is 2.64. The first-order chi connectivity index (χ1) is 7.74. The van der Waals surface area contributed by atoms with Gasteiger partial charge < -0.3 is 10.5 Å². The zero-order chi connectivity index (χ0) is 11.4. The van der Waals surface area contributed by atoms with E-state index in [1.165, 1.54) is 5.56 Å². The van der Waals surface area contributed by atoms with Crippen molar-refractivity contribution in [1.29, 1.82) is 0 Å². The summed E-state index contributed by atoms with van der Waals surface area (Å²) in [7, 11) is 0. The number of ether oxygens (including phenoxy) is 1. The Kier molecular flexibility index (Phi) is 5.75. The molecule has 1 fully saturated rings. The number of hydrogen-bond acceptors (Lipinski definition) is 3. The Morgan fingerprint density at radius 3 is 2.94 bits per heavy atom. The Morgan fingerprint density at radius 1 is 1.47 bits per heavy atom. The minimum Gasteiger partial charge on any atom is -0.492 e. The van der Waals surface area contributed by atoms with Gasteiger partial charge in [-0.25, -0.2) is 0 Å². The highest BCUT2D eigenvalue weighted by molar-refractivity contribution is 5.85. The van der Waals surface area contributed by atoms with Gasteiger partial charge in [-0.05, 0) is 37.6 Å². The molecule has 96 valence electrons. The predicted octanol–water partition coefficient (Wildman–Crippen LogP) is 1.83. The summed E-state index contributed by atoms with van der Waals surface area (Å²) in [5, 5.41) is 0. The SMILES string of the molecule is Cc1cccc(OCCN2CC[C@H](N)C2)c1.Cl. The van der Waals surface area contributed by atoms with Crippen molar-refractivity contribution in [2.75, 3.05) is 26.2 Å². The molecule has 3 nitrogen and oxygen atoms in total. The fourth-order valence-corrected chi connectivity index (χ4v) is 2.06. The fraction of sp³-hybridized carbons (Fsp3) is 0.538. The van der Waals surface area contributed by atoms with Gasteiger partial charge in [-0.15, -0.1) is 12.4 Å². The van der Waals surface area contributed by atoms with Crippen molar-refractivity contribution in [3.63, 3.8) is 0 Å². The number of benzene rings is 1. The second kappa shape index (κ2) is 6.84. The van der Waals surface area contributed by atoms with Gasteiger partial charge in [0, 0.05) is 19.1 Å². The van der Waals surface area contributed by atoms with Crippen molar-refractivity contribution in [2.24, 2.45) is 5.73 Å². The normalized spacial score (nSPS) is 20.0. The monoisotopic (exact) mass is 256 g/mol. The van der Waals surface area contributed by atoms with E-state index in [0.717, 1.165) is 38.4 Å². The van der Waals surface area contributed by atoms with Gasteiger partial charge in [0.2, 0.25) is 0 Å². The molecule has 1 heterocycles. The van der Waals surface area contributed by atoms with E-state index in [-0.39, 0.29) is 12.4 Å². The summed E-state index contributed by atoms with van der Waals surface area (Å²) < 4.78 is 5.70. The molecular weight excluding hydrogens is 236 g/mol. The van der Waals surface area contributed by atoms with Crippen molar-refractivity contribution in [1.82, 2.24) is 4.90 Å². The van der Waals surface area contributed by atoms with E-state index >= 15 is 0 Å². The van der Waals surface area contributed by atoms with E-state index in [9.17, 15) is 0 Å². The van der Waals surface area contributed by atoms with E-state index in [1.54, 1.807) is 0 Å². The van der Waals surface area contributed by atoms with Gasteiger partial charge in [-0.3, -0.25) is 4.90 Å². The number of nitrogens with two attached hydrogens (primary N) is 1. The van der Waals surface area contributed by atoms with Crippen LogP contribution in [0.3, 0.4) is 0 Å². The van der Waals surface area contributed by atoms with Crippen LogP contribution in [0.1, 0.15) is 12.0 Å². The summed E-state index contributed by atoms with van der Waals surface area (Å²) in [5.74, 6) is 0.962. The van der Waals surface area contributed by atoms with E-state index in [2.05, 4.69) is 24.0 Å². The predicted molar refractivity (Wildman–Crippen MR) is 73.0 cm³/mol. The molecule has 1 aliphatic rings. The molecule has 1 atom stereocenters. The van der Waals surface area contributed by atoms with Gasteiger partial charge in [0.05, 0.1) is 0 Å². The van der Waals surface area contributed by atoms with Crippen LogP contribution in [0, 0.1) is 6.92 Å². The molecule has 2 rings (SSSR count). The minimum absolute atomic E-state index is 0. The van der Waals surface area contributed by atoms with Gasteiger partial charge in [0.15, 0.2) is 0 Å². The van der Waals surface area contributed by atoms with Gasteiger partial charge in [0.25, 0.3) is 0 Å². The lowest BCUT2D eigenvalue weighted by Gasteiger charge is -2.15. The van der Waals surface area contributed by atoms with E-state index in [4.69, 9.17) is 10.5 Å². The van der Waals surface area contributed by atoms with Crippen LogP contribution in [0.15, 0.2) is 24.3 Å². The molecule has 0 aromatic heterocycles. The Balaban J connectivity index is 0.00000144. The first kappa shape index (κ1) is 14.3. The maximum Gasteiger partial charge on any atom is 0.119 e. The largest absolute Gasteiger partial charge is 0.492 e. The van der Waals surface area contributed by atoms with Crippen LogP contribution in [-0.4, -0.2) is 37.2 Å². The topological polar surface area (TPSA) is 38.5 Å². The van der Waals surface area contributed by atoms with E-state index in [1.807, 2.05) is 12.1 Å². The summed E-state index contributed by atoms with van der Waals surface area (Å²) in [4.78, 5) is 2.36. The quantitative estimate of drug-likeness (QED) is 0.893. The second-order valence-electron chi connectivity index (χ2n) is 4.51. The molecule has 0 spiro atoms. The lowest BCUT2D eigenvalue weighted by atomic mass is 10.2. The van der Waals surface area contributed by atoms with Gasteiger partial charge in [-0.2, -0.15) is 0 Å². The highest BCUT2D eigenvalue weighted by Crippen LogP contribution is 2.12. The maximum atomic E-state index is 5.85. The standard InChI is InChI=1S/C13H20N2O.ClH/c1-11-3-2-4-13(9-11)16-8-7-15-6-5-12(14)10-15;/h2-4,9,12H,5-8,10,14H2,1H3;1H/t12-;/m0./s1. The summed E-state index contributed by atoms with van der Waals surface area (Å²) >= 11 is 0. The minimum atomic E-state index is 0. The van der Waals surface area contributed by atoms with Crippen molar-refractivity contribution in [3.8, 4) is 5.75 Å². The summed E-state index contributed by atoms with van der Waals surface area (Å²) in [6, 6.07) is 8.53. The molecule has 0 radical (unpaired) electrons. The first-order valence-corrected chi connectivity index (χ1v) is 5.91. The molecule has 1 saturated heterocycles. The molecule has 1 aromatic rings. The molecule has 0 aliphatic carbocycles. The highest BCUT2D eigenvalue weighted by atomic mass is 35.5. The third-order valence-corrected chi connectivity index (χ3v) is 2.97. The smallest absolute Gasteiger partial charge is 0.119 e. The molecular formula is C13H21ClN2O. The Bertz CT molecular complexity index is 346. The number of nitrogens with zero attached hydrogens (tertiary/aromatic N) is 1. The van der Waals surface area contributed by atoms with Crippen molar-refractivity contribution in [3.05, 3.63) is 29.8 Å². The Morgan fingerprint density at radius 2 is 2.29 bits per heavy atom. The van der Waals surface area contributed by atoms with Crippen LogP contribution >= 0.6 is 12.4 Å². The van der Waals surface area contributed by atoms with Crippen molar-refractivity contribution in [2.45, 2.75) is 19.4 Å². The number of likely N-dealkylation sites (tertiary alicyclic amines) is 1. The summed E-state index contributed by atoms with van der Waals surface area (Å²) in [5.41, 5.74) is 7.08. The second-order valence-corrected chi connectivity index (χ2v) is 4.51. The molecule has 17 heavy (non-hydrogen) atoms. The zero-order valence-corrected chi connectivity index (χ0v) is 11.1. The van der Waals surface area contributed by atoms with Crippen LogP contribution in [0.5, 0.6) is 5.75 Å². The maximum absolute atomic E-state index is 5.85. The number of hydrogen-bond donors (Lipinski definition) is 1. The van der Waals surface area contributed by atoms with Gasteiger partial charge in [-0.1, -0.05) is 12.1 Å². The average molecular weight is 257 g/mol. The van der Waals surface area contributed by atoms with Crippen LogP contribution in [0.25, 0.3) is 0 Å². The number of halogens is 1. The van der Waals surface area contributed by atoms with Crippen LogP contribution in [-0.2, 0) is 0 Å². The molecule has 0 unspecified atom stereocenters. The molecule has 0 amide bonds. The lowest BCUT2D eigenvalue weighted by molar-refractivity contribution is 0.236. The van der Waals surface area contributed by atoms with Gasteiger partial charge in [0.1, 0.15) is 12.4 Å². The van der Waals surface area contributed by atoms with Gasteiger partial charge >= 0.3 is 0 Å². The Labute approximate surface area is 109 Å². The molecule has 0 bridgehead atoms. The molecule has 1 aromatic carbocycles. The first-order valence-electron chi connectivity index (χ1n) is 5.91. The fourth-order valence-electron chi connectivity index (χ4n) is 2.06. The van der Waals surface area contributed by atoms with Crippen molar-refractivity contribution >= 4 is 12.4 Å². The summed E-state index contributed by atoms with van der Waals surface area (Å²) in [6.07, 6.45) is 1.12. The molecule has 0 saturated carbocycles.